The van der Waals surface area contributed by atoms with Crippen molar-refractivity contribution in [1.82, 2.24) is 29.6 Å². The van der Waals surface area contributed by atoms with Crippen molar-refractivity contribution in [2.75, 3.05) is 6.54 Å². The number of fused-ring (bicyclic) bond motifs is 1. The van der Waals surface area contributed by atoms with Gasteiger partial charge in [-0.25, -0.2) is 4.39 Å². The van der Waals surface area contributed by atoms with Gasteiger partial charge in [-0.3, -0.25) is 14.2 Å². The van der Waals surface area contributed by atoms with E-state index < -0.39 is 0 Å². The van der Waals surface area contributed by atoms with Crippen molar-refractivity contribution in [3.63, 3.8) is 0 Å². The van der Waals surface area contributed by atoms with Crippen LogP contribution in [0.15, 0.2) is 34.9 Å². The van der Waals surface area contributed by atoms with E-state index in [1.165, 1.54) is 12.1 Å². The summed E-state index contributed by atoms with van der Waals surface area (Å²) in [5.41, 5.74) is 6.79. The molecule has 1 aliphatic heterocycles. The molecule has 0 atom stereocenters. The first kappa shape index (κ1) is 22.1. The van der Waals surface area contributed by atoms with Gasteiger partial charge in [0.2, 0.25) is 0 Å². The van der Waals surface area contributed by atoms with Crippen LogP contribution in [0.5, 0.6) is 0 Å². The molecule has 176 valence electrons. The molecule has 8 nitrogen and oxygen atoms in total. The molecule has 0 aliphatic carbocycles. The first-order chi connectivity index (χ1) is 16.3. The molecule has 0 bridgehead atoms. The van der Waals surface area contributed by atoms with Gasteiger partial charge in [0.05, 0.1) is 30.2 Å². The number of rotatable bonds is 4. The van der Waals surface area contributed by atoms with Crippen LogP contribution in [0.1, 0.15) is 50.9 Å². The van der Waals surface area contributed by atoms with E-state index in [0.717, 1.165) is 45.9 Å². The van der Waals surface area contributed by atoms with E-state index in [1.54, 1.807) is 17.0 Å². The van der Waals surface area contributed by atoms with Crippen molar-refractivity contribution < 1.29 is 13.7 Å². The van der Waals surface area contributed by atoms with Crippen LogP contribution in [0, 0.1) is 33.5 Å². The summed E-state index contributed by atoms with van der Waals surface area (Å²) in [5.74, 6) is 0.172. The molecule has 0 radical (unpaired) electrons. The molecule has 0 spiro atoms. The van der Waals surface area contributed by atoms with Gasteiger partial charge in [-0.15, -0.1) is 0 Å². The van der Waals surface area contributed by atoms with Crippen molar-refractivity contribution in [2.24, 2.45) is 0 Å². The number of carbonyl (C=O) groups excluding carboxylic acids is 1. The van der Waals surface area contributed by atoms with Gasteiger partial charge in [-0.1, -0.05) is 5.16 Å². The molecule has 4 aromatic rings. The molecule has 9 heteroatoms. The topological polar surface area (TPSA) is 82.0 Å². The Bertz CT molecular complexity index is 1360. The maximum Gasteiger partial charge on any atom is 0.276 e. The summed E-state index contributed by atoms with van der Waals surface area (Å²) >= 11 is 0. The third-order valence-corrected chi connectivity index (χ3v) is 6.68. The smallest absolute Gasteiger partial charge is 0.276 e. The zero-order chi connectivity index (χ0) is 24.0. The highest BCUT2D eigenvalue weighted by Gasteiger charge is 2.28. The fourth-order valence-corrected chi connectivity index (χ4v) is 4.38. The second kappa shape index (κ2) is 8.55. The lowest BCUT2D eigenvalue weighted by atomic mass is 10.1. The van der Waals surface area contributed by atoms with Crippen molar-refractivity contribution in [3.8, 4) is 11.3 Å². The van der Waals surface area contributed by atoms with Gasteiger partial charge in [-0.2, -0.15) is 10.2 Å². The van der Waals surface area contributed by atoms with E-state index in [2.05, 4.69) is 15.4 Å². The number of hydrogen-bond donors (Lipinski definition) is 0. The predicted molar refractivity (Wildman–Crippen MR) is 124 cm³/mol. The lowest BCUT2D eigenvalue weighted by molar-refractivity contribution is 0.0734. The largest absolute Gasteiger partial charge is 0.361 e. The van der Waals surface area contributed by atoms with Crippen LogP contribution in [0.2, 0.25) is 0 Å². The number of amides is 1. The predicted octanol–water partition coefficient (Wildman–Crippen LogP) is 4.20. The average molecular weight is 463 g/mol. The van der Waals surface area contributed by atoms with E-state index in [4.69, 9.17) is 4.52 Å². The maximum atomic E-state index is 13.6. The Hall–Kier alpha value is -3.75. The fraction of sp³-hybridized carbons (Fsp3) is 0.360. The summed E-state index contributed by atoms with van der Waals surface area (Å²) in [6.07, 6.45) is 0.770. The summed E-state index contributed by atoms with van der Waals surface area (Å²) in [5, 5.41) is 13.4. The zero-order valence-electron chi connectivity index (χ0n) is 19.8. The van der Waals surface area contributed by atoms with Gasteiger partial charge in [-0.05, 0) is 70.0 Å². The summed E-state index contributed by atoms with van der Waals surface area (Å²) in [6.45, 7) is 10.0. The second-order valence-corrected chi connectivity index (χ2v) is 8.85. The van der Waals surface area contributed by atoms with E-state index in [1.807, 2.05) is 43.1 Å². The quantitative estimate of drug-likeness (QED) is 0.454. The van der Waals surface area contributed by atoms with Gasteiger partial charge >= 0.3 is 0 Å². The SMILES string of the molecule is Cc1nn(Cc2c(C(=O)N3CCCn4nc(-c5ccc(F)cc5)cc4C3)noc2C)c(C)c1C. The minimum absolute atomic E-state index is 0.164. The first-order valence-corrected chi connectivity index (χ1v) is 11.4. The number of carbonyl (C=O) groups is 1. The molecule has 1 aliphatic rings. The molecule has 1 amide bonds. The van der Waals surface area contributed by atoms with Crippen LogP contribution in [-0.4, -0.2) is 42.1 Å². The standard InChI is InChI=1S/C25H27FN6O2/c1-15-16(2)27-32(17(15)3)14-22-18(4)34-29-24(22)25(33)30-10-5-11-31-21(13-30)12-23(28-31)19-6-8-20(26)9-7-19/h6-9,12H,5,10-11,13-14H2,1-4H3. The van der Waals surface area contributed by atoms with E-state index >= 15 is 0 Å². The van der Waals surface area contributed by atoms with Crippen LogP contribution < -0.4 is 0 Å². The minimum Gasteiger partial charge on any atom is -0.361 e. The monoisotopic (exact) mass is 462 g/mol. The van der Waals surface area contributed by atoms with Gasteiger partial charge in [0, 0.05) is 29.9 Å². The van der Waals surface area contributed by atoms with E-state index in [9.17, 15) is 9.18 Å². The number of nitrogens with zero attached hydrogens (tertiary/aromatic N) is 6. The Morgan fingerprint density at radius 2 is 1.85 bits per heavy atom. The van der Waals surface area contributed by atoms with Crippen LogP contribution in [0.25, 0.3) is 11.3 Å². The highest BCUT2D eigenvalue weighted by atomic mass is 19.1. The molecule has 0 unspecified atom stereocenters. The Kier molecular flexibility index (Phi) is 5.55. The van der Waals surface area contributed by atoms with Gasteiger partial charge in [0.15, 0.2) is 5.69 Å². The molecule has 4 heterocycles. The number of aromatic nitrogens is 5. The van der Waals surface area contributed by atoms with E-state index in [-0.39, 0.29) is 11.7 Å². The maximum absolute atomic E-state index is 13.6. The van der Waals surface area contributed by atoms with E-state index in [0.29, 0.717) is 37.6 Å². The van der Waals surface area contributed by atoms with Crippen molar-refractivity contribution in [1.29, 1.82) is 0 Å². The van der Waals surface area contributed by atoms with Crippen LogP contribution in [0.3, 0.4) is 0 Å². The second-order valence-electron chi connectivity index (χ2n) is 8.85. The highest BCUT2D eigenvalue weighted by Crippen LogP contribution is 2.25. The van der Waals surface area contributed by atoms with Crippen molar-refractivity contribution >= 4 is 5.91 Å². The third kappa shape index (κ3) is 3.91. The highest BCUT2D eigenvalue weighted by molar-refractivity contribution is 5.93. The normalized spacial score (nSPS) is 13.7. The lowest BCUT2D eigenvalue weighted by Crippen LogP contribution is -2.32. The van der Waals surface area contributed by atoms with Crippen molar-refractivity contribution in [2.45, 2.75) is 53.8 Å². The molecule has 0 N–H and O–H groups in total. The Morgan fingerprint density at radius 3 is 2.56 bits per heavy atom. The average Bonchev–Trinajstić information content (AvgIpc) is 3.41. The molecular formula is C25H27FN6O2. The van der Waals surface area contributed by atoms with Gasteiger partial charge < -0.3 is 9.42 Å². The number of hydrogen-bond acceptors (Lipinski definition) is 5. The summed E-state index contributed by atoms with van der Waals surface area (Å²) in [7, 11) is 0. The molecule has 5 rings (SSSR count). The van der Waals surface area contributed by atoms with Gasteiger partial charge in [0.1, 0.15) is 11.6 Å². The molecule has 34 heavy (non-hydrogen) atoms. The number of aryl methyl sites for hydroxylation is 3. The molecular weight excluding hydrogens is 435 g/mol. The zero-order valence-corrected chi connectivity index (χ0v) is 19.8. The van der Waals surface area contributed by atoms with Crippen LogP contribution in [0.4, 0.5) is 4.39 Å². The summed E-state index contributed by atoms with van der Waals surface area (Å²) < 4.78 is 22.6. The molecule has 0 saturated carbocycles. The molecule has 0 saturated heterocycles. The first-order valence-electron chi connectivity index (χ1n) is 11.4. The molecule has 1 aromatic carbocycles. The minimum atomic E-state index is -0.282. The van der Waals surface area contributed by atoms with Crippen LogP contribution >= 0.6 is 0 Å². The summed E-state index contributed by atoms with van der Waals surface area (Å²) in [4.78, 5) is 15.4. The fourth-order valence-electron chi connectivity index (χ4n) is 4.38. The van der Waals surface area contributed by atoms with Gasteiger partial charge in [0.25, 0.3) is 5.91 Å². The Morgan fingerprint density at radius 1 is 1.09 bits per heavy atom. The lowest BCUT2D eigenvalue weighted by Gasteiger charge is -2.19. The number of benzene rings is 1. The molecule has 3 aromatic heterocycles. The Labute approximate surface area is 197 Å². The van der Waals surface area contributed by atoms with Crippen molar-refractivity contribution in [3.05, 3.63) is 75.8 Å². The molecule has 0 fully saturated rings. The number of halogens is 1. The van der Waals surface area contributed by atoms with Crippen LogP contribution in [-0.2, 0) is 19.6 Å². The summed E-state index contributed by atoms with van der Waals surface area (Å²) in [6, 6.07) is 8.24. The Balaban J connectivity index is 1.41. The third-order valence-electron chi connectivity index (χ3n) is 6.68.